The van der Waals surface area contributed by atoms with Gasteiger partial charge in [0.15, 0.2) is 6.29 Å². The van der Waals surface area contributed by atoms with Gasteiger partial charge in [0.2, 0.25) is 5.79 Å². The molecule has 9 atom stereocenters. The first-order valence-electron chi connectivity index (χ1n) is 9.92. The first-order chi connectivity index (χ1) is 15.0. The summed E-state index contributed by atoms with van der Waals surface area (Å²) in [5, 5.41) is 69.5. The Balaban J connectivity index is 2.01. The molecule has 0 aromatic rings. The van der Waals surface area contributed by atoms with Crippen molar-refractivity contribution in [1.82, 2.24) is 0 Å². The third kappa shape index (κ3) is 5.78. The van der Waals surface area contributed by atoms with E-state index in [0.717, 1.165) is 0 Å². The smallest absolute Gasteiger partial charge is 0.339 e. The van der Waals surface area contributed by atoms with Crippen LogP contribution in [0.4, 0.5) is 0 Å². The number of ether oxygens (including phenoxy) is 5. The predicted octanol–water partition coefficient (Wildman–Crippen LogP) is -4.65. The molecule has 0 spiro atoms. The SMILES string of the molecule is CC(C)C(=O)OC(=O)COC[C@H]1O[C@H](O[C@]2(CO)O[C@H](CO)[C@@H](O)[C@@H]2O)[C@H](O)[C@@H](O)[C@@H]1O. The number of hydrogen-bond acceptors (Lipinski definition) is 14. The fourth-order valence-electron chi connectivity index (χ4n) is 3.14. The normalized spacial score (nSPS) is 39.9. The van der Waals surface area contributed by atoms with Gasteiger partial charge in [0.05, 0.1) is 19.1 Å². The molecule has 0 saturated carbocycles. The van der Waals surface area contributed by atoms with Crippen molar-refractivity contribution in [3.8, 4) is 0 Å². The van der Waals surface area contributed by atoms with Crippen LogP contribution in [-0.4, -0.2) is 129 Å². The highest BCUT2D eigenvalue weighted by Crippen LogP contribution is 2.36. The minimum atomic E-state index is -2.31. The van der Waals surface area contributed by atoms with Crippen molar-refractivity contribution in [2.45, 2.75) is 68.7 Å². The monoisotopic (exact) mass is 470 g/mol. The zero-order valence-electron chi connectivity index (χ0n) is 17.5. The first-order valence-corrected chi connectivity index (χ1v) is 9.92. The lowest BCUT2D eigenvalue weighted by atomic mass is 9.99. The van der Waals surface area contributed by atoms with E-state index < -0.39 is 99.1 Å². The second kappa shape index (κ2) is 11.2. The average Bonchev–Trinajstić information content (AvgIpc) is 3.00. The molecule has 14 heteroatoms. The molecule has 0 bridgehead atoms. The van der Waals surface area contributed by atoms with E-state index >= 15 is 0 Å². The van der Waals surface area contributed by atoms with Gasteiger partial charge in [-0.25, -0.2) is 4.79 Å². The molecule has 0 aliphatic carbocycles. The summed E-state index contributed by atoms with van der Waals surface area (Å²) < 4.78 is 25.5. The minimum absolute atomic E-state index is 0.507. The highest BCUT2D eigenvalue weighted by atomic mass is 16.8. The Labute approximate surface area is 182 Å². The Morgan fingerprint density at radius 3 is 2.16 bits per heavy atom. The van der Waals surface area contributed by atoms with E-state index in [2.05, 4.69) is 4.74 Å². The third-order valence-electron chi connectivity index (χ3n) is 5.08. The summed E-state index contributed by atoms with van der Waals surface area (Å²) in [5.41, 5.74) is 0. The highest BCUT2D eigenvalue weighted by Gasteiger charge is 2.58. The zero-order chi connectivity index (χ0) is 24.2. The van der Waals surface area contributed by atoms with E-state index in [1.165, 1.54) is 13.8 Å². The molecule has 0 radical (unpaired) electrons. The van der Waals surface area contributed by atoms with Crippen LogP contribution in [-0.2, 0) is 33.3 Å². The molecular weight excluding hydrogens is 440 g/mol. The number of aliphatic hydroxyl groups is 7. The summed E-state index contributed by atoms with van der Waals surface area (Å²) in [6, 6.07) is 0. The van der Waals surface area contributed by atoms with Crippen molar-refractivity contribution < 1.29 is 69.0 Å². The Bertz CT molecular complexity index is 643. The Hall–Kier alpha value is -1.30. The van der Waals surface area contributed by atoms with Crippen LogP contribution in [0.1, 0.15) is 13.8 Å². The van der Waals surface area contributed by atoms with Crippen LogP contribution in [0.5, 0.6) is 0 Å². The van der Waals surface area contributed by atoms with Gasteiger partial charge in [-0.1, -0.05) is 13.8 Å². The fraction of sp³-hybridized carbons (Fsp3) is 0.889. The molecule has 2 saturated heterocycles. The molecule has 2 rings (SSSR count). The maximum atomic E-state index is 11.6. The Morgan fingerprint density at radius 2 is 1.62 bits per heavy atom. The fourth-order valence-corrected chi connectivity index (χ4v) is 3.14. The Morgan fingerprint density at radius 1 is 0.969 bits per heavy atom. The highest BCUT2D eigenvalue weighted by molar-refractivity contribution is 5.86. The van der Waals surface area contributed by atoms with Gasteiger partial charge in [-0.3, -0.25) is 4.79 Å². The van der Waals surface area contributed by atoms with E-state index in [9.17, 15) is 45.3 Å². The molecule has 2 aliphatic heterocycles. The van der Waals surface area contributed by atoms with Crippen LogP contribution in [0.25, 0.3) is 0 Å². The van der Waals surface area contributed by atoms with Crippen LogP contribution < -0.4 is 0 Å². The van der Waals surface area contributed by atoms with Gasteiger partial charge in [0, 0.05) is 0 Å². The van der Waals surface area contributed by atoms with E-state index in [1.54, 1.807) is 0 Å². The van der Waals surface area contributed by atoms with E-state index in [1.807, 2.05) is 0 Å². The van der Waals surface area contributed by atoms with E-state index in [4.69, 9.17) is 18.9 Å². The number of hydrogen-bond donors (Lipinski definition) is 7. The Kier molecular flexibility index (Phi) is 9.45. The topological polar surface area (TPSA) is 222 Å². The average molecular weight is 470 g/mol. The van der Waals surface area contributed by atoms with Gasteiger partial charge in [-0.15, -0.1) is 0 Å². The van der Waals surface area contributed by atoms with Gasteiger partial charge in [0.25, 0.3) is 0 Å². The lowest BCUT2D eigenvalue weighted by Crippen LogP contribution is -2.62. The van der Waals surface area contributed by atoms with Gasteiger partial charge in [-0.05, 0) is 0 Å². The molecule has 186 valence electrons. The quantitative estimate of drug-likeness (QED) is 0.124. The van der Waals surface area contributed by atoms with Crippen LogP contribution in [0.3, 0.4) is 0 Å². The van der Waals surface area contributed by atoms with Crippen molar-refractivity contribution in [2.24, 2.45) is 5.92 Å². The summed E-state index contributed by atoms with van der Waals surface area (Å²) in [4.78, 5) is 23.0. The van der Waals surface area contributed by atoms with Crippen LogP contribution in [0, 0.1) is 5.92 Å². The largest absolute Gasteiger partial charge is 0.394 e. The van der Waals surface area contributed by atoms with Gasteiger partial charge in [0.1, 0.15) is 55.9 Å². The summed E-state index contributed by atoms with van der Waals surface area (Å²) in [6.45, 7) is 0.131. The maximum absolute atomic E-state index is 11.6. The van der Waals surface area contributed by atoms with Crippen molar-refractivity contribution in [3.63, 3.8) is 0 Å². The minimum Gasteiger partial charge on any atom is -0.394 e. The van der Waals surface area contributed by atoms with Crippen molar-refractivity contribution >= 4 is 11.9 Å². The standard InChI is InChI=1S/C18H30O14/c1-7(2)16(27)30-10(21)5-28-4-9-11(22)13(24)14(25)17(29-9)32-18(6-20)15(26)12(23)8(3-19)31-18/h7-9,11-15,17,19-20,22-26H,3-6H2,1-2H3/t8-,9-,11-,12-,13+,14-,15+,17-,18+/m1/s1. The molecule has 2 heterocycles. The van der Waals surface area contributed by atoms with Gasteiger partial charge >= 0.3 is 11.9 Å². The van der Waals surface area contributed by atoms with Crippen LogP contribution in [0.2, 0.25) is 0 Å². The lowest BCUT2D eigenvalue weighted by molar-refractivity contribution is -0.384. The second-order valence-corrected chi connectivity index (χ2v) is 7.84. The van der Waals surface area contributed by atoms with Gasteiger partial charge < -0.3 is 59.4 Å². The summed E-state index contributed by atoms with van der Waals surface area (Å²) >= 11 is 0. The predicted molar refractivity (Wildman–Crippen MR) is 98.3 cm³/mol. The lowest BCUT2D eigenvalue weighted by Gasteiger charge is -2.43. The van der Waals surface area contributed by atoms with Crippen LogP contribution in [0.15, 0.2) is 0 Å². The summed E-state index contributed by atoms with van der Waals surface area (Å²) in [7, 11) is 0. The molecular formula is C18H30O14. The third-order valence-corrected chi connectivity index (χ3v) is 5.08. The molecule has 7 N–H and O–H groups in total. The second-order valence-electron chi connectivity index (χ2n) is 7.84. The maximum Gasteiger partial charge on any atom is 0.339 e. The van der Waals surface area contributed by atoms with E-state index in [-0.39, 0.29) is 0 Å². The number of aliphatic hydroxyl groups excluding tert-OH is 7. The molecule has 32 heavy (non-hydrogen) atoms. The molecule has 0 unspecified atom stereocenters. The zero-order valence-corrected chi connectivity index (χ0v) is 17.5. The molecule has 14 nitrogen and oxygen atoms in total. The van der Waals surface area contributed by atoms with Crippen molar-refractivity contribution in [2.75, 3.05) is 26.4 Å². The number of carbonyl (C=O) groups excluding carboxylic acids is 2. The molecule has 0 aromatic carbocycles. The summed E-state index contributed by atoms with van der Waals surface area (Å²) in [5.74, 6) is -4.60. The molecule has 2 aliphatic rings. The number of carbonyl (C=O) groups is 2. The van der Waals surface area contributed by atoms with Gasteiger partial charge in [-0.2, -0.15) is 0 Å². The summed E-state index contributed by atoms with van der Waals surface area (Å²) in [6.07, 6.45) is -13.3. The first kappa shape index (κ1) is 26.9. The van der Waals surface area contributed by atoms with E-state index in [0.29, 0.717) is 0 Å². The molecule has 2 fully saturated rings. The van der Waals surface area contributed by atoms with Crippen molar-refractivity contribution in [3.05, 3.63) is 0 Å². The molecule has 0 aromatic heterocycles. The van der Waals surface area contributed by atoms with Crippen molar-refractivity contribution in [1.29, 1.82) is 0 Å². The number of rotatable bonds is 9. The molecule has 0 amide bonds. The van der Waals surface area contributed by atoms with Crippen LogP contribution >= 0.6 is 0 Å². The number of esters is 2.